The molecular formula is C8H17IN2. The number of nitrogens with zero attached hydrogens (tertiary/aromatic N) is 1. The largest absolute Gasteiger partial charge is 0.310 e. The fourth-order valence-electron chi connectivity index (χ4n) is 1.73. The zero-order chi connectivity index (χ0) is 8.32. The van der Waals surface area contributed by atoms with Crippen molar-refractivity contribution in [3.63, 3.8) is 0 Å². The number of rotatable bonds is 2. The van der Waals surface area contributed by atoms with E-state index >= 15 is 0 Å². The van der Waals surface area contributed by atoms with Gasteiger partial charge in [0.25, 0.3) is 0 Å². The van der Waals surface area contributed by atoms with Crippen molar-refractivity contribution in [2.75, 3.05) is 20.1 Å². The van der Waals surface area contributed by atoms with Gasteiger partial charge in [-0.1, -0.05) is 6.42 Å². The Morgan fingerprint density at radius 2 is 2.27 bits per heavy atom. The zero-order valence-electron chi connectivity index (χ0n) is 7.36. The molecule has 11 heavy (non-hydrogen) atoms. The molecule has 66 valence electrons. The van der Waals surface area contributed by atoms with E-state index in [1.165, 1.54) is 25.8 Å². The molecular weight excluding hydrogens is 251 g/mol. The van der Waals surface area contributed by atoms with Crippen LogP contribution in [0.25, 0.3) is 0 Å². The van der Waals surface area contributed by atoms with Crippen LogP contribution in [0.3, 0.4) is 0 Å². The van der Waals surface area contributed by atoms with Crippen molar-refractivity contribution >= 4 is 22.9 Å². The third-order valence-corrected chi connectivity index (χ3v) is 2.62. The Hall–Kier alpha value is 0.650. The topological polar surface area (TPSA) is 15.3 Å². The molecule has 0 saturated carbocycles. The van der Waals surface area contributed by atoms with Crippen LogP contribution in [-0.4, -0.2) is 28.8 Å². The van der Waals surface area contributed by atoms with Gasteiger partial charge >= 0.3 is 0 Å². The van der Waals surface area contributed by atoms with Crippen LogP contribution in [0, 0.1) is 0 Å². The van der Waals surface area contributed by atoms with Crippen molar-refractivity contribution in [1.29, 1.82) is 0 Å². The van der Waals surface area contributed by atoms with E-state index in [2.05, 4.69) is 45.3 Å². The molecule has 0 amide bonds. The predicted molar refractivity (Wildman–Crippen MR) is 56.9 cm³/mol. The highest BCUT2D eigenvalue weighted by atomic mass is 127. The van der Waals surface area contributed by atoms with Gasteiger partial charge in [-0.25, -0.2) is 3.11 Å². The molecule has 1 saturated heterocycles. The van der Waals surface area contributed by atoms with Crippen molar-refractivity contribution in [1.82, 2.24) is 8.43 Å². The maximum Gasteiger partial charge on any atom is 0.0288 e. The first-order valence-corrected chi connectivity index (χ1v) is 5.21. The van der Waals surface area contributed by atoms with E-state index in [9.17, 15) is 0 Å². The summed E-state index contributed by atoms with van der Waals surface area (Å²) in [6.07, 6.45) is 4.05. The summed E-state index contributed by atoms with van der Waals surface area (Å²) in [6, 6.07) is 0. The highest BCUT2D eigenvalue weighted by Crippen LogP contribution is 2.20. The van der Waals surface area contributed by atoms with Crippen molar-refractivity contribution in [2.45, 2.75) is 31.7 Å². The van der Waals surface area contributed by atoms with E-state index in [4.69, 9.17) is 0 Å². The molecule has 0 aliphatic carbocycles. The van der Waals surface area contributed by atoms with Gasteiger partial charge in [-0.2, -0.15) is 0 Å². The van der Waals surface area contributed by atoms with Gasteiger partial charge in [-0.3, -0.25) is 0 Å². The standard InChI is InChI=1S/C8H17IN2/c1-8(7-11(2)9)5-3-4-6-10-8/h10H,3-7H2,1-2H3. The summed E-state index contributed by atoms with van der Waals surface area (Å²) < 4.78 is 2.23. The lowest BCUT2D eigenvalue weighted by Crippen LogP contribution is -2.51. The van der Waals surface area contributed by atoms with E-state index in [0.717, 1.165) is 6.54 Å². The first kappa shape index (κ1) is 9.74. The van der Waals surface area contributed by atoms with Crippen LogP contribution in [0.1, 0.15) is 26.2 Å². The number of likely N-dealkylation sites (N-methyl/N-ethyl adjacent to an activating group) is 1. The minimum absolute atomic E-state index is 0.369. The number of hydrogen-bond acceptors (Lipinski definition) is 2. The van der Waals surface area contributed by atoms with Crippen LogP contribution in [0.5, 0.6) is 0 Å². The highest BCUT2D eigenvalue weighted by molar-refractivity contribution is 14.1. The molecule has 1 aliphatic heterocycles. The lowest BCUT2D eigenvalue weighted by atomic mass is 9.91. The van der Waals surface area contributed by atoms with Gasteiger partial charge in [0.2, 0.25) is 0 Å². The molecule has 1 rings (SSSR count). The molecule has 1 fully saturated rings. The SMILES string of the molecule is CN(I)CC1(C)CCCCN1. The normalized spacial score (nSPS) is 32.7. The number of piperidine rings is 1. The number of halogens is 1. The van der Waals surface area contributed by atoms with E-state index in [1.807, 2.05) is 0 Å². The Bertz CT molecular complexity index is 119. The second kappa shape index (κ2) is 4.05. The zero-order valence-corrected chi connectivity index (χ0v) is 9.52. The molecule has 1 unspecified atom stereocenters. The number of nitrogens with one attached hydrogen (secondary N) is 1. The third-order valence-electron chi connectivity index (χ3n) is 2.27. The molecule has 0 aromatic rings. The van der Waals surface area contributed by atoms with Gasteiger partial charge in [-0.05, 0) is 33.4 Å². The summed E-state index contributed by atoms with van der Waals surface area (Å²) in [7, 11) is 2.13. The molecule has 1 aliphatic rings. The maximum atomic E-state index is 3.58. The van der Waals surface area contributed by atoms with Gasteiger partial charge in [0.15, 0.2) is 0 Å². The summed E-state index contributed by atoms with van der Waals surface area (Å²) in [5, 5.41) is 3.58. The average molecular weight is 268 g/mol. The minimum atomic E-state index is 0.369. The molecule has 0 radical (unpaired) electrons. The van der Waals surface area contributed by atoms with Crippen LogP contribution in [-0.2, 0) is 0 Å². The number of hydrogen-bond donors (Lipinski definition) is 1. The first-order valence-electron chi connectivity index (χ1n) is 4.24. The summed E-state index contributed by atoms with van der Waals surface area (Å²) in [5.74, 6) is 0. The predicted octanol–water partition coefficient (Wildman–Crippen LogP) is 1.80. The Morgan fingerprint density at radius 3 is 2.73 bits per heavy atom. The Kier molecular flexibility index (Phi) is 3.58. The molecule has 0 aromatic heterocycles. The molecule has 1 atom stereocenters. The summed E-state index contributed by atoms with van der Waals surface area (Å²) in [4.78, 5) is 0. The van der Waals surface area contributed by atoms with Gasteiger partial charge < -0.3 is 5.32 Å². The molecule has 3 heteroatoms. The van der Waals surface area contributed by atoms with Crippen LogP contribution >= 0.6 is 22.9 Å². The lowest BCUT2D eigenvalue weighted by molar-refractivity contribution is 0.249. The minimum Gasteiger partial charge on any atom is -0.310 e. The van der Waals surface area contributed by atoms with Crippen molar-refractivity contribution in [3.8, 4) is 0 Å². The fourth-order valence-corrected chi connectivity index (χ4v) is 2.49. The molecule has 2 nitrogen and oxygen atoms in total. The van der Waals surface area contributed by atoms with Crippen LogP contribution < -0.4 is 5.32 Å². The molecule has 0 spiro atoms. The molecule has 0 bridgehead atoms. The second-order valence-corrected chi connectivity index (χ2v) is 5.35. The lowest BCUT2D eigenvalue weighted by Gasteiger charge is -2.36. The van der Waals surface area contributed by atoms with Crippen molar-refractivity contribution in [2.24, 2.45) is 0 Å². The molecule has 1 N–H and O–H groups in total. The Labute approximate surface area is 83.2 Å². The van der Waals surface area contributed by atoms with Crippen LogP contribution in [0.15, 0.2) is 0 Å². The smallest absolute Gasteiger partial charge is 0.0288 e. The van der Waals surface area contributed by atoms with Gasteiger partial charge in [0.05, 0.1) is 0 Å². The van der Waals surface area contributed by atoms with Crippen molar-refractivity contribution in [3.05, 3.63) is 0 Å². The van der Waals surface area contributed by atoms with E-state index in [-0.39, 0.29) is 0 Å². The summed E-state index contributed by atoms with van der Waals surface area (Å²) >= 11 is 2.35. The first-order chi connectivity index (χ1) is 5.12. The van der Waals surface area contributed by atoms with Crippen molar-refractivity contribution < 1.29 is 0 Å². The third kappa shape index (κ3) is 3.25. The quantitative estimate of drug-likeness (QED) is 0.607. The van der Waals surface area contributed by atoms with Crippen LogP contribution in [0.2, 0.25) is 0 Å². The fraction of sp³-hybridized carbons (Fsp3) is 1.00. The maximum absolute atomic E-state index is 3.58. The Balaban J connectivity index is 2.37. The highest BCUT2D eigenvalue weighted by Gasteiger charge is 2.26. The van der Waals surface area contributed by atoms with E-state index < -0.39 is 0 Å². The van der Waals surface area contributed by atoms with E-state index in [0.29, 0.717) is 5.54 Å². The summed E-state index contributed by atoms with van der Waals surface area (Å²) in [6.45, 7) is 4.66. The van der Waals surface area contributed by atoms with E-state index in [1.54, 1.807) is 0 Å². The monoisotopic (exact) mass is 268 g/mol. The summed E-state index contributed by atoms with van der Waals surface area (Å²) in [5.41, 5.74) is 0.369. The van der Waals surface area contributed by atoms with Crippen LogP contribution in [0.4, 0.5) is 0 Å². The van der Waals surface area contributed by atoms with Gasteiger partial charge in [-0.15, -0.1) is 0 Å². The van der Waals surface area contributed by atoms with Gasteiger partial charge in [0, 0.05) is 34.9 Å². The molecule has 0 aromatic carbocycles. The Morgan fingerprint density at radius 1 is 1.55 bits per heavy atom. The molecule has 1 heterocycles. The van der Waals surface area contributed by atoms with Gasteiger partial charge in [0.1, 0.15) is 0 Å². The average Bonchev–Trinajstić information content (AvgIpc) is 1.85. The second-order valence-electron chi connectivity index (χ2n) is 3.71.